The Bertz CT molecular complexity index is 1080. The van der Waals surface area contributed by atoms with E-state index in [4.69, 9.17) is 4.99 Å². The number of aliphatic imine (C=N–C) groups is 1. The van der Waals surface area contributed by atoms with E-state index in [1.165, 1.54) is 0 Å². The molecule has 136 valence electrons. The van der Waals surface area contributed by atoms with E-state index in [0.717, 1.165) is 33.7 Å². The normalized spacial score (nSPS) is 18.5. The molecule has 0 radical (unpaired) electrons. The Hall–Kier alpha value is -3.55. The van der Waals surface area contributed by atoms with E-state index in [0.29, 0.717) is 6.04 Å². The van der Waals surface area contributed by atoms with Crippen LogP contribution in [0.15, 0.2) is 60.4 Å². The molecule has 1 aromatic carbocycles. The van der Waals surface area contributed by atoms with Crippen LogP contribution in [0.1, 0.15) is 25.5 Å². The Morgan fingerprint density at radius 2 is 2.15 bits per heavy atom. The lowest BCUT2D eigenvalue weighted by atomic mass is 10.1. The van der Waals surface area contributed by atoms with Crippen molar-refractivity contribution in [2.45, 2.75) is 26.1 Å². The summed E-state index contributed by atoms with van der Waals surface area (Å²) in [5, 5.41) is 19.3. The van der Waals surface area contributed by atoms with Crippen LogP contribution in [-0.4, -0.2) is 36.9 Å². The Balaban J connectivity index is 1.50. The van der Waals surface area contributed by atoms with Crippen LogP contribution < -0.4 is 10.6 Å². The van der Waals surface area contributed by atoms with E-state index in [1.807, 2.05) is 41.9 Å². The van der Waals surface area contributed by atoms with Crippen LogP contribution >= 0.6 is 0 Å². The third kappa shape index (κ3) is 2.75. The molecule has 0 saturated carbocycles. The predicted octanol–water partition coefficient (Wildman–Crippen LogP) is 2.87. The molecule has 5 rings (SSSR count). The fraction of sp³-hybridized carbons (Fsp3) is 0.211. The lowest BCUT2D eigenvalue weighted by Crippen LogP contribution is -2.45. The van der Waals surface area contributed by atoms with Crippen molar-refractivity contribution in [3.05, 3.63) is 61.0 Å². The molecule has 0 spiro atoms. The van der Waals surface area contributed by atoms with Gasteiger partial charge >= 0.3 is 0 Å². The van der Waals surface area contributed by atoms with Crippen molar-refractivity contribution in [1.82, 2.24) is 30.2 Å². The zero-order valence-corrected chi connectivity index (χ0v) is 15.1. The van der Waals surface area contributed by atoms with E-state index >= 15 is 0 Å². The van der Waals surface area contributed by atoms with Gasteiger partial charge in [-0.2, -0.15) is 10.2 Å². The summed E-state index contributed by atoms with van der Waals surface area (Å²) in [6.07, 6.45) is 11.6. The molecule has 3 aromatic rings. The molecule has 1 unspecified atom stereocenters. The highest BCUT2D eigenvalue weighted by Crippen LogP contribution is 2.27. The number of fused-ring (bicyclic) bond motifs is 2. The summed E-state index contributed by atoms with van der Waals surface area (Å²) in [4.78, 5) is 6.99. The first-order valence-electron chi connectivity index (χ1n) is 8.93. The van der Waals surface area contributed by atoms with Crippen LogP contribution in [-0.2, 0) is 0 Å². The maximum Gasteiger partial charge on any atom is 0.162 e. The predicted molar refractivity (Wildman–Crippen MR) is 106 cm³/mol. The monoisotopic (exact) mass is 360 g/mol. The second kappa shape index (κ2) is 6.01. The van der Waals surface area contributed by atoms with Crippen molar-refractivity contribution >= 4 is 28.1 Å². The first kappa shape index (κ1) is 15.7. The smallest absolute Gasteiger partial charge is 0.162 e. The highest BCUT2D eigenvalue weighted by atomic mass is 15.3. The second-order valence-electron chi connectivity index (χ2n) is 6.94. The van der Waals surface area contributed by atoms with E-state index in [-0.39, 0.29) is 6.17 Å². The highest BCUT2D eigenvalue weighted by Gasteiger charge is 2.28. The van der Waals surface area contributed by atoms with Crippen LogP contribution in [0.2, 0.25) is 0 Å². The lowest BCUT2D eigenvalue weighted by molar-refractivity contribution is 0.449. The van der Waals surface area contributed by atoms with Gasteiger partial charge in [0.1, 0.15) is 0 Å². The topological polar surface area (TPSA) is 86.2 Å². The summed E-state index contributed by atoms with van der Waals surface area (Å²) in [6.45, 7) is 4.21. The number of aromatic amines is 1. The molecular weight excluding hydrogens is 340 g/mol. The number of hydrogen-bond acceptors (Lipinski definition) is 6. The molecule has 0 bridgehead atoms. The quantitative estimate of drug-likeness (QED) is 0.669. The molecule has 3 N–H and O–H groups in total. The number of H-pyrrole nitrogens is 1. The Labute approximate surface area is 156 Å². The number of hydrogen-bond donors (Lipinski definition) is 3. The molecule has 8 heteroatoms. The van der Waals surface area contributed by atoms with Gasteiger partial charge in [0.15, 0.2) is 12.0 Å². The largest absolute Gasteiger partial charge is 0.363 e. The van der Waals surface area contributed by atoms with Gasteiger partial charge in [-0.1, -0.05) is 12.1 Å². The zero-order chi connectivity index (χ0) is 18.4. The maximum atomic E-state index is 4.89. The number of nitrogens with zero attached hydrogens (tertiary/aromatic N) is 5. The average Bonchev–Trinajstić information content (AvgIpc) is 3.40. The number of rotatable bonds is 3. The molecule has 8 nitrogen and oxygen atoms in total. The fourth-order valence-electron chi connectivity index (χ4n) is 3.26. The van der Waals surface area contributed by atoms with Crippen LogP contribution in [0.5, 0.6) is 0 Å². The van der Waals surface area contributed by atoms with Gasteiger partial charge in [0, 0.05) is 41.8 Å². The van der Waals surface area contributed by atoms with Crippen molar-refractivity contribution in [3.8, 4) is 0 Å². The molecule has 0 aliphatic carbocycles. The Morgan fingerprint density at radius 3 is 3.00 bits per heavy atom. The number of anilines is 1. The highest BCUT2D eigenvalue weighted by molar-refractivity contribution is 6.03. The van der Waals surface area contributed by atoms with Gasteiger partial charge in [0.2, 0.25) is 0 Å². The van der Waals surface area contributed by atoms with Gasteiger partial charge in [-0.3, -0.25) is 9.78 Å². The van der Waals surface area contributed by atoms with E-state index in [1.54, 1.807) is 0 Å². The molecule has 2 aromatic heterocycles. The summed E-state index contributed by atoms with van der Waals surface area (Å²) < 4.78 is 1.92. The fourth-order valence-corrected chi connectivity index (χ4v) is 3.26. The molecule has 0 saturated heterocycles. The molecule has 2 aliphatic rings. The maximum absolute atomic E-state index is 4.89. The van der Waals surface area contributed by atoms with Crippen molar-refractivity contribution < 1.29 is 0 Å². The molecule has 0 amide bonds. The lowest BCUT2D eigenvalue weighted by Gasteiger charge is -2.28. The summed E-state index contributed by atoms with van der Waals surface area (Å²) in [6, 6.07) is 6.50. The standard InChI is InChI=1S/C19H20N8/c1-12(2)27-10-15(9-22-27)23-18-19-20-5-6-26(19)11-17(24-18)13-3-4-14-8-21-25-16(14)7-13/h3-12,19-20H,1-2H3,(H,21,25)(H,23,24). The van der Waals surface area contributed by atoms with Crippen molar-refractivity contribution in [1.29, 1.82) is 0 Å². The number of nitrogens with one attached hydrogen (secondary N) is 3. The summed E-state index contributed by atoms with van der Waals surface area (Å²) in [5.41, 5.74) is 3.83. The van der Waals surface area contributed by atoms with Gasteiger partial charge in [-0.25, -0.2) is 4.99 Å². The van der Waals surface area contributed by atoms with Crippen molar-refractivity contribution in [2.75, 3.05) is 5.32 Å². The second-order valence-corrected chi connectivity index (χ2v) is 6.94. The summed E-state index contributed by atoms with van der Waals surface area (Å²) in [5.74, 6) is 0.825. The molecule has 27 heavy (non-hydrogen) atoms. The van der Waals surface area contributed by atoms with Crippen LogP contribution in [0.25, 0.3) is 16.6 Å². The van der Waals surface area contributed by atoms with Gasteiger partial charge in [0.25, 0.3) is 0 Å². The minimum Gasteiger partial charge on any atom is -0.363 e. The van der Waals surface area contributed by atoms with Crippen LogP contribution in [0.4, 0.5) is 5.69 Å². The third-order valence-electron chi connectivity index (χ3n) is 4.71. The van der Waals surface area contributed by atoms with Gasteiger partial charge < -0.3 is 15.5 Å². The molecule has 4 heterocycles. The minimum absolute atomic E-state index is 0.0490. The van der Waals surface area contributed by atoms with Crippen LogP contribution in [0.3, 0.4) is 0 Å². The van der Waals surface area contributed by atoms with E-state index < -0.39 is 0 Å². The zero-order valence-electron chi connectivity index (χ0n) is 15.1. The summed E-state index contributed by atoms with van der Waals surface area (Å²) >= 11 is 0. The molecule has 1 atom stereocenters. The SMILES string of the molecule is CC(C)n1cc(NC2=NC(c3ccc4cn[nH]c4c3)=CN3C=CNC23)cn1. The van der Waals surface area contributed by atoms with Gasteiger partial charge in [-0.05, 0) is 19.9 Å². The number of benzene rings is 1. The summed E-state index contributed by atoms with van der Waals surface area (Å²) in [7, 11) is 0. The van der Waals surface area contributed by atoms with Gasteiger partial charge in [0.05, 0.1) is 29.3 Å². The Morgan fingerprint density at radius 1 is 1.22 bits per heavy atom. The third-order valence-corrected chi connectivity index (χ3v) is 4.71. The molecular formula is C19H20N8. The molecule has 2 aliphatic heterocycles. The number of amidine groups is 1. The minimum atomic E-state index is -0.0490. The van der Waals surface area contributed by atoms with Crippen molar-refractivity contribution in [2.24, 2.45) is 4.99 Å². The average molecular weight is 360 g/mol. The van der Waals surface area contributed by atoms with Crippen LogP contribution in [0, 0.1) is 0 Å². The first-order chi connectivity index (χ1) is 13.2. The van der Waals surface area contributed by atoms with E-state index in [2.05, 4.69) is 62.9 Å². The van der Waals surface area contributed by atoms with E-state index in [9.17, 15) is 0 Å². The Kier molecular flexibility index (Phi) is 3.49. The van der Waals surface area contributed by atoms with Crippen molar-refractivity contribution in [3.63, 3.8) is 0 Å². The molecule has 0 fully saturated rings. The van der Waals surface area contributed by atoms with Gasteiger partial charge in [-0.15, -0.1) is 0 Å². The first-order valence-corrected chi connectivity index (χ1v) is 8.93. The number of aromatic nitrogens is 4.